The lowest BCUT2D eigenvalue weighted by Gasteiger charge is -2.23. The molecule has 0 bridgehead atoms. The maximum Gasteiger partial charge on any atom is 0.0337 e. The van der Waals surface area contributed by atoms with Gasteiger partial charge < -0.3 is 5.32 Å². The molecule has 0 aliphatic carbocycles. The molecule has 0 saturated heterocycles. The van der Waals surface area contributed by atoms with Crippen molar-refractivity contribution in [3.63, 3.8) is 0 Å². The highest BCUT2D eigenvalue weighted by atomic mass is 14.8. The van der Waals surface area contributed by atoms with Crippen molar-refractivity contribution in [1.29, 1.82) is 0 Å². The molecule has 0 aliphatic heterocycles. The molecule has 0 aliphatic rings. The van der Waals surface area contributed by atoms with Gasteiger partial charge in [-0.3, -0.25) is 0 Å². The first-order chi connectivity index (χ1) is 8.71. The summed E-state index contributed by atoms with van der Waals surface area (Å²) in [6.07, 6.45) is 6.58. The molecule has 18 heavy (non-hydrogen) atoms. The average Bonchev–Trinajstić information content (AvgIpc) is 2.43. The number of nitrogens with one attached hydrogen (secondary N) is 1. The minimum atomic E-state index is 0.834. The fraction of sp³-hybridized carbons (Fsp3) is 0.647. The van der Waals surface area contributed by atoms with Gasteiger partial charge in [-0.1, -0.05) is 52.2 Å². The van der Waals surface area contributed by atoms with Crippen LogP contribution in [-0.4, -0.2) is 7.05 Å². The third-order valence-corrected chi connectivity index (χ3v) is 4.12. The standard InChI is InChI=1S/C17H29N/c1-5-7-8-16(14(3)6-2)13-15-9-11-17(18-4)12-10-15/h9-12,14,16,18H,5-8,13H2,1-4H3. The largest absolute Gasteiger partial charge is 0.388 e. The Morgan fingerprint density at radius 1 is 1.11 bits per heavy atom. The van der Waals surface area contributed by atoms with Crippen LogP contribution in [0.3, 0.4) is 0 Å². The summed E-state index contributed by atoms with van der Waals surface area (Å²) < 4.78 is 0. The Labute approximate surface area is 113 Å². The van der Waals surface area contributed by atoms with Crippen LogP contribution >= 0.6 is 0 Å². The molecule has 1 rings (SSSR count). The summed E-state index contributed by atoms with van der Waals surface area (Å²) in [5, 5.41) is 3.18. The smallest absolute Gasteiger partial charge is 0.0337 e. The number of unbranched alkanes of at least 4 members (excludes halogenated alkanes) is 1. The summed E-state index contributed by atoms with van der Waals surface area (Å²) in [4.78, 5) is 0. The van der Waals surface area contributed by atoms with Crippen molar-refractivity contribution in [1.82, 2.24) is 0 Å². The first kappa shape index (κ1) is 15.1. The second-order valence-corrected chi connectivity index (χ2v) is 5.44. The lowest BCUT2D eigenvalue weighted by Crippen LogP contribution is -2.14. The molecule has 0 saturated carbocycles. The van der Waals surface area contributed by atoms with Gasteiger partial charge in [-0.05, 0) is 42.4 Å². The van der Waals surface area contributed by atoms with E-state index in [4.69, 9.17) is 0 Å². The number of hydrogen-bond acceptors (Lipinski definition) is 1. The second kappa shape index (κ2) is 8.18. The summed E-state index contributed by atoms with van der Waals surface area (Å²) in [6.45, 7) is 7.01. The van der Waals surface area contributed by atoms with Crippen LogP contribution in [0.2, 0.25) is 0 Å². The van der Waals surface area contributed by atoms with Gasteiger partial charge in [-0.2, -0.15) is 0 Å². The van der Waals surface area contributed by atoms with Crippen molar-refractivity contribution in [3.05, 3.63) is 29.8 Å². The molecule has 102 valence electrons. The van der Waals surface area contributed by atoms with E-state index in [1.807, 2.05) is 7.05 Å². The minimum absolute atomic E-state index is 0.834. The Morgan fingerprint density at radius 3 is 2.28 bits per heavy atom. The molecule has 1 nitrogen and oxygen atoms in total. The molecule has 0 spiro atoms. The van der Waals surface area contributed by atoms with Crippen LogP contribution in [0.15, 0.2) is 24.3 Å². The molecule has 0 radical (unpaired) electrons. The predicted octanol–water partition coefficient (Wildman–Crippen LogP) is 5.12. The Hall–Kier alpha value is -0.980. The normalized spacial score (nSPS) is 14.2. The van der Waals surface area contributed by atoms with Gasteiger partial charge in [0.25, 0.3) is 0 Å². The first-order valence-corrected chi connectivity index (χ1v) is 7.47. The molecule has 0 amide bonds. The number of anilines is 1. The highest BCUT2D eigenvalue weighted by Gasteiger charge is 2.15. The van der Waals surface area contributed by atoms with Gasteiger partial charge in [0, 0.05) is 12.7 Å². The lowest BCUT2D eigenvalue weighted by molar-refractivity contribution is 0.317. The molecule has 1 aromatic carbocycles. The van der Waals surface area contributed by atoms with Crippen LogP contribution in [0.1, 0.15) is 52.0 Å². The number of benzene rings is 1. The SMILES string of the molecule is CCCCC(Cc1ccc(NC)cc1)C(C)CC. The number of hydrogen-bond donors (Lipinski definition) is 1. The molecule has 1 aromatic rings. The fourth-order valence-corrected chi connectivity index (χ4v) is 2.50. The highest BCUT2D eigenvalue weighted by molar-refractivity contribution is 5.43. The first-order valence-electron chi connectivity index (χ1n) is 7.47. The predicted molar refractivity (Wildman–Crippen MR) is 82.2 cm³/mol. The van der Waals surface area contributed by atoms with Crippen LogP contribution in [0, 0.1) is 11.8 Å². The third-order valence-electron chi connectivity index (χ3n) is 4.12. The quantitative estimate of drug-likeness (QED) is 0.672. The zero-order valence-corrected chi connectivity index (χ0v) is 12.5. The van der Waals surface area contributed by atoms with E-state index in [2.05, 4.69) is 50.4 Å². The van der Waals surface area contributed by atoms with Gasteiger partial charge in [-0.15, -0.1) is 0 Å². The van der Waals surface area contributed by atoms with Crippen LogP contribution in [-0.2, 0) is 6.42 Å². The van der Waals surface area contributed by atoms with Crippen LogP contribution in [0.5, 0.6) is 0 Å². The van der Waals surface area contributed by atoms with Crippen LogP contribution < -0.4 is 5.32 Å². The highest BCUT2D eigenvalue weighted by Crippen LogP contribution is 2.26. The van der Waals surface area contributed by atoms with Gasteiger partial charge in [-0.25, -0.2) is 0 Å². The van der Waals surface area contributed by atoms with Gasteiger partial charge in [0.1, 0.15) is 0 Å². The zero-order chi connectivity index (χ0) is 13.4. The van der Waals surface area contributed by atoms with Crippen molar-refractivity contribution in [2.45, 2.75) is 52.9 Å². The average molecular weight is 247 g/mol. The lowest BCUT2D eigenvalue weighted by atomic mass is 9.83. The third kappa shape index (κ3) is 4.72. The van der Waals surface area contributed by atoms with E-state index < -0.39 is 0 Å². The van der Waals surface area contributed by atoms with E-state index in [9.17, 15) is 0 Å². The molecule has 2 atom stereocenters. The molecular formula is C17H29N. The van der Waals surface area contributed by atoms with Crippen molar-refractivity contribution >= 4 is 5.69 Å². The van der Waals surface area contributed by atoms with Gasteiger partial charge in [0.05, 0.1) is 0 Å². The Morgan fingerprint density at radius 2 is 1.78 bits per heavy atom. The maximum absolute atomic E-state index is 3.18. The van der Waals surface area contributed by atoms with Gasteiger partial charge >= 0.3 is 0 Å². The van der Waals surface area contributed by atoms with E-state index in [0.717, 1.165) is 11.8 Å². The van der Waals surface area contributed by atoms with Crippen molar-refractivity contribution in [2.24, 2.45) is 11.8 Å². The monoisotopic (exact) mass is 247 g/mol. The summed E-state index contributed by atoms with van der Waals surface area (Å²) in [5.74, 6) is 1.68. The maximum atomic E-state index is 3.18. The van der Waals surface area contributed by atoms with Gasteiger partial charge in [0.15, 0.2) is 0 Å². The molecule has 0 heterocycles. The molecule has 1 N–H and O–H groups in total. The molecule has 0 fully saturated rings. The summed E-state index contributed by atoms with van der Waals surface area (Å²) in [5.41, 5.74) is 2.68. The van der Waals surface area contributed by atoms with E-state index in [-0.39, 0.29) is 0 Å². The zero-order valence-electron chi connectivity index (χ0n) is 12.5. The molecule has 0 aromatic heterocycles. The number of rotatable bonds is 8. The van der Waals surface area contributed by atoms with Crippen molar-refractivity contribution in [3.8, 4) is 0 Å². The van der Waals surface area contributed by atoms with Crippen LogP contribution in [0.4, 0.5) is 5.69 Å². The fourth-order valence-electron chi connectivity index (χ4n) is 2.50. The van der Waals surface area contributed by atoms with E-state index in [0.29, 0.717) is 0 Å². The summed E-state index contributed by atoms with van der Waals surface area (Å²) in [6, 6.07) is 8.91. The minimum Gasteiger partial charge on any atom is -0.388 e. The van der Waals surface area contributed by atoms with E-state index >= 15 is 0 Å². The Kier molecular flexibility index (Phi) is 6.85. The topological polar surface area (TPSA) is 12.0 Å². The van der Waals surface area contributed by atoms with E-state index in [1.165, 1.54) is 43.4 Å². The second-order valence-electron chi connectivity index (χ2n) is 5.44. The molecule has 2 unspecified atom stereocenters. The van der Waals surface area contributed by atoms with Crippen molar-refractivity contribution in [2.75, 3.05) is 12.4 Å². The van der Waals surface area contributed by atoms with Crippen molar-refractivity contribution < 1.29 is 0 Å². The van der Waals surface area contributed by atoms with Crippen LogP contribution in [0.25, 0.3) is 0 Å². The summed E-state index contributed by atoms with van der Waals surface area (Å²) in [7, 11) is 1.97. The Bertz CT molecular complexity index is 315. The van der Waals surface area contributed by atoms with Gasteiger partial charge in [0.2, 0.25) is 0 Å². The Balaban J connectivity index is 2.62. The summed E-state index contributed by atoms with van der Waals surface area (Å²) >= 11 is 0. The van der Waals surface area contributed by atoms with E-state index in [1.54, 1.807) is 0 Å². The molecular weight excluding hydrogens is 218 g/mol. The molecule has 1 heteroatoms.